The summed E-state index contributed by atoms with van der Waals surface area (Å²) < 4.78 is 0. The molecular formula is C11H17N3S2. The van der Waals surface area contributed by atoms with Gasteiger partial charge in [0, 0.05) is 10.6 Å². The molecule has 1 aromatic heterocycles. The summed E-state index contributed by atoms with van der Waals surface area (Å²) in [5.74, 6) is 1.09. The van der Waals surface area contributed by atoms with Gasteiger partial charge in [-0.25, -0.2) is 4.98 Å². The minimum absolute atomic E-state index is 0.308. The van der Waals surface area contributed by atoms with Crippen molar-refractivity contribution in [2.45, 2.75) is 39.8 Å². The van der Waals surface area contributed by atoms with Gasteiger partial charge in [0.05, 0.1) is 22.8 Å². The number of aryl methyl sites for hydroxylation is 2. The van der Waals surface area contributed by atoms with Crippen molar-refractivity contribution in [2.75, 3.05) is 5.75 Å². The fourth-order valence-electron chi connectivity index (χ4n) is 1.75. The molecule has 2 heterocycles. The topological polar surface area (TPSA) is 37.3 Å². The third-order valence-electron chi connectivity index (χ3n) is 2.47. The average molecular weight is 255 g/mol. The number of thiazole rings is 1. The van der Waals surface area contributed by atoms with E-state index in [1.165, 1.54) is 4.88 Å². The van der Waals surface area contributed by atoms with Crippen LogP contribution in [0.3, 0.4) is 0 Å². The van der Waals surface area contributed by atoms with Gasteiger partial charge in [-0.05, 0) is 27.7 Å². The Balaban J connectivity index is 2.06. The Kier molecular flexibility index (Phi) is 3.54. The van der Waals surface area contributed by atoms with Gasteiger partial charge in [-0.1, -0.05) is 11.8 Å². The second-order valence-electron chi connectivity index (χ2n) is 4.14. The van der Waals surface area contributed by atoms with Crippen LogP contribution in [-0.2, 0) is 0 Å². The lowest BCUT2D eigenvalue weighted by Gasteiger charge is -2.13. The number of aliphatic imine (C=N–C) groups is 1. The first kappa shape index (κ1) is 11.9. The second kappa shape index (κ2) is 4.75. The molecule has 0 radical (unpaired) electrons. The van der Waals surface area contributed by atoms with Crippen LogP contribution in [0.4, 0.5) is 0 Å². The normalized spacial score (nSPS) is 22.0. The molecule has 0 aliphatic carbocycles. The van der Waals surface area contributed by atoms with E-state index in [1.54, 1.807) is 11.3 Å². The van der Waals surface area contributed by atoms with Gasteiger partial charge in [0.15, 0.2) is 5.17 Å². The zero-order chi connectivity index (χ0) is 11.7. The summed E-state index contributed by atoms with van der Waals surface area (Å²) in [5.41, 5.74) is 1.14. The van der Waals surface area contributed by atoms with E-state index in [9.17, 15) is 0 Å². The number of hydrogen-bond acceptors (Lipinski definition) is 5. The molecule has 1 aliphatic rings. The molecule has 0 fully saturated rings. The van der Waals surface area contributed by atoms with Crippen molar-refractivity contribution in [1.82, 2.24) is 10.3 Å². The third kappa shape index (κ3) is 2.58. The first-order chi connectivity index (χ1) is 7.56. The molecule has 0 saturated carbocycles. The standard InChI is InChI=1S/C11H17N3S2/c1-6-5-15-11(12-6)14-8(3)10-7(2)13-9(4)16-10/h6,8H,5H2,1-4H3,(H,12,14). The lowest BCUT2D eigenvalue weighted by atomic mass is 10.2. The van der Waals surface area contributed by atoms with Gasteiger partial charge in [0.1, 0.15) is 0 Å². The van der Waals surface area contributed by atoms with Crippen molar-refractivity contribution in [3.8, 4) is 0 Å². The Hall–Kier alpha value is -0.550. The van der Waals surface area contributed by atoms with Gasteiger partial charge in [0.25, 0.3) is 0 Å². The highest BCUT2D eigenvalue weighted by atomic mass is 32.2. The number of nitrogens with one attached hydrogen (secondary N) is 1. The summed E-state index contributed by atoms with van der Waals surface area (Å²) in [4.78, 5) is 10.3. The van der Waals surface area contributed by atoms with Crippen LogP contribution in [-0.4, -0.2) is 21.9 Å². The summed E-state index contributed by atoms with van der Waals surface area (Å²) >= 11 is 3.58. The molecular weight excluding hydrogens is 238 g/mol. The predicted molar refractivity (Wildman–Crippen MR) is 72.5 cm³/mol. The predicted octanol–water partition coefficient (Wildman–Crippen LogP) is 2.90. The zero-order valence-corrected chi connectivity index (χ0v) is 11.7. The Morgan fingerprint density at radius 3 is 2.69 bits per heavy atom. The minimum Gasteiger partial charge on any atom is -0.358 e. The van der Waals surface area contributed by atoms with Crippen LogP contribution < -0.4 is 5.32 Å². The number of amidine groups is 1. The summed E-state index contributed by atoms with van der Waals surface area (Å²) in [5, 5.41) is 5.67. The lowest BCUT2D eigenvalue weighted by molar-refractivity contribution is 0.725. The van der Waals surface area contributed by atoms with Crippen LogP contribution in [0.5, 0.6) is 0 Å². The van der Waals surface area contributed by atoms with E-state index in [0.717, 1.165) is 21.6 Å². The van der Waals surface area contributed by atoms with Crippen LogP contribution in [0.25, 0.3) is 0 Å². The van der Waals surface area contributed by atoms with Gasteiger partial charge in [-0.3, -0.25) is 4.99 Å². The van der Waals surface area contributed by atoms with E-state index in [0.29, 0.717) is 12.1 Å². The summed E-state index contributed by atoms with van der Waals surface area (Å²) in [6.07, 6.45) is 0. The highest BCUT2D eigenvalue weighted by molar-refractivity contribution is 8.14. The lowest BCUT2D eigenvalue weighted by Crippen LogP contribution is -2.22. The molecule has 1 aliphatic heterocycles. The number of thioether (sulfide) groups is 1. The maximum atomic E-state index is 4.54. The highest BCUT2D eigenvalue weighted by Crippen LogP contribution is 2.26. The number of aromatic nitrogens is 1. The Morgan fingerprint density at radius 2 is 2.19 bits per heavy atom. The van der Waals surface area contributed by atoms with E-state index >= 15 is 0 Å². The summed E-state index contributed by atoms with van der Waals surface area (Å²) in [7, 11) is 0. The van der Waals surface area contributed by atoms with Gasteiger partial charge in [0.2, 0.25) is 0 Å². The fourth-order valence-corrected chi connectivity index (χ4v) is 3.67. The molecule has 2 rings (SSSR count). The van der Waals surface area contributed by atoms with Crippen LogP contribution in [0.15, 0.2) is 4.99 Å². The molecule has 16 heavy (non-hydrogen) atoms. The van der Waals surface area contributed by atoms with Crippen molar-refractivity contribution in [3.63, 3.8) is 0 Å². The third-order valence-corrected chi connectivity index (χ3v) is 4.87. The van der Waals surface area contributed by atoms with E-state index in [2.05, 4.69) is 43.0 Å². The van der Waals surface area contributed by atoms with Gasteiger partial charge in [-0.15, -0.1) is 11.3 Å². The fraction of sp³-hybridized carbons (Fsp3) is 0.636. The molecule has 0 bridgehead atoms. The molecule has 2 unspecified atom stereocenters. The first-order valence-electron chi connectivity index (χ1n) is 5.47. The van der Waals surface area contributed by atoms with Crippen molar-refractivity contribution in [3.05, 3.63) is 15.6 Å². The summed E-state index contributed by atoms with van der Waals surface area (Å²) in [6.45, 7) is 8.45. The molecule has 1 aromatic rings. The summed E-state index contributed by atoms with van der Waals surface area (Å²) in [6, 6.07) is 0.756. The molecule has 0 amide bonds. The zero-order valence-electron chi connectivity index (χ0n) is 10.1. The molecule has 0 aromatic carbocycles. The molecule has 1 N–H and O–H groups in total. The molecule has 88 valence electrons. The Bertz CT molecular complexity index is 411. The van der Waals surface area contributed by atoms with E-state index in [1.807, 2.05) is 11.8 Å². The van der Waals surface area contributed by atoms with Crippen LogP contribution in [0, 0.1) is 13.8 Å². The molecule has 5 heteroatoms. The van der Waals surface area contributed by atoms with Crippen molar-refractivity contribution in [2.24, 2.45) is 4.99 Å². The number of rotatable bonds is 2. The monoisotopic (exact) mass is 255 g/mol. The Labute approximate surface area is 105 Å². The molecule has 0 spiro atoms. The molecule has 2 atom stereocenters. The van der Waals surface area contributed by atoms with E-state index in [-0.39, 0.29) is 0 Å². The molecule has 3 nitrogen and oxygen atoms in total. The van der Waals surface area contributed by atoms with Crippen LogP contribution >= 0.6 is 23.1 Å². The van der Waals surface area contributed by atoms with E-state index in [4.69, 9.17) is 0 Å². The number of hydrogen-bond donors (Lipinski definition) is 1. The smallest absolute Gasteiger partial charge is 0.157 e. The minimum atomic E-state index is 0.308. The van der Waals surface area contributed by atoms with Crippen LogP contribution in [0.1, 0.15) is 35.5 Å². The van der Waals surface area contributed by atoms with Crippen molar-refractivity contribution >= 4 is 28.3 Å². The first-order valence-corrected chi connectivity index (χ1v) is 7.27. The van der Waals surface area contributed by atoms with Crippen molar-refractivity contribution in [1.29, 1.82) is 0 Å². The van der Waals surface area contributed by atoms with Gasteiger partial charge >= 0.3 is 0 Å². The second-order valence-corrected chi connectivity index (χ2v) is 6.39. The quantitative estimate of drug-likeness (QED) is 0.883. The van der Waals surface area contributed by atoms with E-state index < -0.39 is 0 Å². The molecule has 0 saturated heterocycles. The van der Waals surface area contributed by atoms with Gasteiger partial charge in [-0.2, -0.15) is 0 Å². The maximum Gasteiger partial charge on any atom is 0.157 e. The SMILES string of the molecule is Cc1nc(C)c(C(C)NC2=NC(C)CS2)s1. The maximum absolute atomic E-state index is 4.54. The number of nitrogens with zero attached hydrogens (tertiary/aromatic N) is 2. The van der Waals surface area contributed by atoms with Gasteiger partial charge < -0.3 is 5.32 Å². The Morgan fingerprint density at radius 1 is 1.44 bits per heavy atom. The van der Waals surface area contributed by atoms with Crippen molar-refractivity contribution < 1.29 is 0 Å². The highest BCUT2D eigenvalue weighted by Gasteiger charge is 2.18. The average Bonchev–Trinajstić information content (AvgIpc) is 2.73. The van der Waals surface area contributed by atoms with Crippen LogP contribution in [0.2, 0.25) is 0 Å². The largest absolute Gasteiger partial charge is 0.358 e.